The lowest BCUT2D eigenvalue weighted by Crippen LogP contribution is -1.95. The van der Waals surface area contributed by atoms with Crippen molar-refractivity contribution < 1.29 is 0 Å². The van der Waals surface area contributed by atoms with Crippen LogP contribution < -0.4 is 0 Å². The van der Waals surface area contributed by atoms with Gasteiger partial charge in [0.25, 0.3) is 0 Å². The monoisotopic (exact) mass is 539 g/mol. The van der Waals surface area contributed by atoms with Crippen LogP contribution >= 0.6 is 11.3 Å². The summed E-state index contributed by atoms with van der Waals surface area (Å²) in [6, 6.07) is 46.3. The van der Waals surface area contributed by atoms with E-state index in [1.165, 1.54) is 63.7 Å². The molecule has 6 aromatic carbocycles. The highest BCUT2D eigenvalue weighted by Gasteiger charge is 2.19. The zero-order valence-electron chi connectivity index (χ0n) is 21.9. The van der Waals surface area contributed by atoms with Crippen molar-refractivity contribution in [2.24, 2.45) is 0 Å². The van der Waals surface area contributed by atoms with Crippen LogP contribution in [0.1, 0.15) is 0 Å². The average molecular weight is 540 g/mol. The molecule has 0 N–H and O–H groups in total. The molecule has 0 saturated carbocycles. The fourth-order valence-corrected chi connectivity index (χ4v) is 8.02. The van der Waals surface area contributed by atoms with Crippen LogP contribution in [-0.2, 0) is 0 Å². The van der Waals surface area contributed by atoms with Gasteiger partial charge in [-0.25, -0.2) is 4.98 Å². The highest BCUT2D eigenvalue weighted by molar-refractivity contribution is 7.25. The Hall–Kier alpha value is -5.19. The van der Waals surface area contributed by atoms with Gasteiger partial charge in [0.15, 0.2) is 0 Å². The summed E-state index contributed by atoms with van der Waals surface area (Å²) >= 11 is 1.86. The minimum atomic E-state index is 1.01. The van der Waals surface area contributed by atoms with Gasteiger partial charge in [0.2, 0.25) is 0 Å². The quantitative estimate of drug-likeness (QED) is 0.190. The summed E-state index contributed by atoms with van der Waals surface area (Å²) in [6.07, 6.45) is 0. The van der Waals surface area contributed by atoms with E-state index in [0.717, 1.165) is 22.4 Å². The lowest BCUT2D eigenvalue weighted by atomic mass is 10.0. The number of hydrogen-bond acceptors (Lipinski definition) is 2. The Morgan fingerprint density at radius 3 is 2.05 bits per heavy atom. The number of hydrogen-bond donors (Lipinski definition) is 0. The summed E-state index contributed by atoms with van der Waals surface area (Å²) < 4.78 is 7.39. The van der Waals surface area contributed by atoms with Crippen molar-refractivity contribution in [2.45, 2.75) is 0 Å². The molecule has 0 bridgehead atoms. The first kappa shape index (κ1) is 21.6. The predicted molar refractivity (Wildman–Crippen MR) is 175 cm³/mol. The van der Waals surface area contributed by atoms with Crippen molar-refractivity contribution in [1.29, 1.82) is 0 Å². The Bertz CT molecular complexity index is 2690. The molecule has 3 nitrogen and oxygen atoms in total. The van der Waals surface area contributed by atoms with Gasteiger partial charge in [-0.15, -0.1) is 11.3 Å². The SMILES string of the molecule is c1ccc(-n2c3ccccc3c3cc4c5cc6c(cc5c5nc7ccccc7n5c4cc32)sc2ccccc26)cc1. The summed E-state index contributed by atoms with van der Waals surface area (Å²) in [5.74, 6) is 0. The molecule has 41 heavy (non-hydrogen) atoms. The first-order valence-corrected chi connectivity index (χ1v) is 14.7. The number of imidazole rings is 1. The number of fused-ring (bicyclic) bond motifs is 14. The highest BCUT2D eigenvalue weighted by atomic mass is 32.1. The highest BCUT2D eigenvalue weighted by Crippen LogP contribution is 2.42. The van der Waals surface area contributed by atoms with Crippen LogP contribution in [0.15, 0.2) is 127 Å². The van der Waals surface area contributed by atoms with Crippen molar-refractivity contribution in [3.05, 3.63) is 127 Å². The number of para-hydroxylation sites is 4. The van der Waals surface area contributed by atoms with Gasteiger partial charge >= 0.3 is 0 Å². The first-order valence-electron chi connectivity index (χ1n) is 13.9. The van der Waals surface area contributed by atoms with Crippen molar-refractivity contribution in [3.63, 3.8) is 0 Å². The molecule has 4 aromatic heterocycles. The Labute approximate surface area is 238 Å². The number of aromatic nitrogens is 3. The predicted octanol–water partition coefficient (Wildman–Crippen LogP) is 10.3. The molecular weight excluding hydrogens is 518 g/mol. The molecule has 0 aliphatic heterocycles. The van der Waals surface area contributed by atoms with Gasteiger partial charge in [0, 0.05) is 47.4 Å². The number of pyridine rings is 1. The van der Waals surface area contributed by atoms with Gasteiger partial charge in [0.1, 0.15) is 5.65 Å². The molecule has 10 rings (SSSR count). The largest absolute Gasteiger partial charge is 0.309 e. The minimum absolute atomic E-state index is 1.01. The molecule has 0 saturated heterocycles. The molecule has 0 atom stereocenters. The van der Waals surface area contributed by atoms with Crippen LogP contribution in [0.25, 0.3) is 86.0 Å². The Morgan fingerprint density at radius 1 is 0.439 bits per heavy atom. The fourth-order valence-electron chi connectivity index (χ4n) is 6.89. The van der Waals surface area contributed by atoms with Gasteiger partial charge in [-0.1, -0.05) is 66.7 Å². The molecule has 4 heterocycles. The third-order valence-electron chi connectivity index (χ3n) is 8.65. The van der Waals surface area contributed by atoms with Crippen LogP contribution in [0.5, 0.6) is 0 Å². The van der Waals surface area contributed by atoms with Crippen LogP contribution in [0.3, 0.4) is 0 Å². The maximum absolute atomic E-state index is 5.22. The van der Waals surface area contributed by atoms with Crippen molar-refractivity contribution in [3.8, 4) is 5.69 Å². The van der Waals surface area contributed by atoms with Gasteiger partial charge in [0.05, 0.1) is 27.6 Å². The summed E-state index contributed by atoms with van der Waals surface area (Å²) in [6.45, 7) is 0. The summed E-state index contributed by atoms with van der Waals surface area (Å²) in [7, 11) is 0. The number of benzene rings is 6. The van der Waals surface area contributed by atoms with E-state index >= 15 is 0 Å². The van der Waals surface area contributed by atoms with E-state index in [9.17, 15) is 0 Å². The second-order valence-electron chi connectivity index (χ2n) is 10.8. The molecule has 0 aliphatic rings. The van der Waals surface area contributed by atoms with Crippen LogP contribution in [-0.4, -0.2) is 14.0 Å². The fraction of sp³-hybridized carbons (Fsp3) is 0. The molecule has 10 aromatic rings. The van der Waals surface area contributed by atoms with E-state index in [1.54, 1.807) is 0 Å². The molecule has 0 spiro atoms. The van der Waals surface area contributed by atoms with E-state index in [4.69, 9.17) is 4.98 Å². The molecular formula is C37H21N3S. The van der Waals surface area contributed by atoms with Crippen molar-refractivity contribution >= 4 is 91.7 Å². The Kier molecular flexibility index (Phi) is 4.07. The van der Waals surface area contributed by atoms with Crippen LogP contribution in [0, 0.1) is 0 Å². The molecule has 0 radical (unpaired) electrons. The minimum Gasteiger partial charge on any atom is -0.309 e. The summed E-state index contributed by atoms with van der Waals surface area (Å²) in [5, 5.41) is 8.84. The standard InChI is InChI=1S/C37H21N3S/c1-2-10-22(11-3-1)39-31-15-7-4-12-23(31)26-19-27-25-18-28-24-13-5-9-17-35(24)41-36(28)20-29(25)37-38-30-14-6-8-16-32(30)40(37)34(27)21-33(26)39/h1-21H. The second kappa shape index (κ2) is 7.72. The molecule has 0 aliphatic carbocycles. The Morgan fingerprint density at radius 2 is 1.15 bits per heavy atom. The topological polar surface area (TPSA) is 22.2 Å². The third-order valence-corrected chi connectivity index (χ3v) is 9.79. The van der Waals surface area contributed by atoms with E-state index in [0.29, 0.717) is 0 Å². The zero-order chi connectivity index (χ0) is 26.7. The number of nitrogens with zero attached hydrogens (tertiary/aromatic N) is 3. The number of rotatable bonds is 1. The molecule has 0 unspecified atom stereocenters. The first-order chi connectivity index (χ1) is 20.3. The lowest BCUT2D eigenvalue weighted by molar-refractivity contribution is 1.18. The van der Waals surface area contributed by atoms with Gasteiger partial charge in [-0.2, -0.15) is 0 Å². The van der Waals surface area contributed by atoms with Crippen molar-refractivity contribution in [1.82, 2.24) is 14.0 Å². The van der Waals surface area contributed by atoms with Crippen molar-refractivity contribution in [2.75, 3.05) is 0 Å². The maximum Gasteiger partial charge on any atom is 0.146 e. The van der Waals surface area contributed by atoms with Crippen LogP contribution in [0.2, 0.25) is 0 Å². The smallest absolute Gasteiger partial charge is 0.146 e. The summed E-state index contributed by atoms with van der Waals surface area (Å²) in [4.78, 5) is 5.22. The molecule has 0 fully saturated rings. The van der Waals surface area contributed by atoms with Gasteiger partial charge < -0.3 is 4.57 Å². The van der Waals surface area contributed by atoms with E-state index in [1.807, 2.05) is 11.3 Å². The lowest BCUT2D eigenvalue weighted by Gasteiger charge is -2.12. The zero-order valence-corrected chi connectivity index (χ0v) is 22.7. The van der Waals surface area contributed by atoms with Crippen LogP contribution in [0.4, 0.5) is 0 Å². The summed E-state index contributed by atoms with van der Waals surface area (Å²) in [5.41, 5.74) is 7.91. The maximum atomic E-state index is 5.22. The number of thiophene rings is 1. The third kappa shape index (κ3) is 2.79. The second-order valence-corrected chi connectivity index (χ2v) is 11.9. The molecule has 0 amide bonds. The van der Waals surface area contributed by atoms with E-state index < -0.39 is 0 Å². The van der Waals surface area contributed by atoms with Gasteiger partial charge in [-0.3, -0.25) is 4.40 Å². The average Bonchev–Trinajstić information content (AvgIpc) is 3.69. The molecule has 4 heteroatoms. The van der Waals surface area contributed by atoms with E-state index in [-0.39, 0.29) is 0 Å². The molecule has 190 valence electrons. The Balaban J connectivity index is 1.49. The van der Waals surface area contributed by atoms with Gasteiger partial charge in [-0.05, 0) is 66.0 Å². The normalized spacial score (nSPS) is 12.4. The van der Waals surface area contributed by atoms with E-state index in [2.05, 4.69) is 136 Å².